The SMILES string of the molecule is O=C(N[C@@H](Cc1ccc(Cl)nc1)C(=O)O)c1ccncc1. The molecule has 0 aliphatic carbocycles. The number of carbonyl (C=O) groups excluding carboxylic acids is 1. The van der Waals surface area contributed by atoms with Crippen molar-refractivity contribution in [3.8, 4) is 0 Å². The Morgan fingerprint density at radius 2 is 1.95 bits per heavy atom. The summed E-state index contributed by atoms with van der Waals surface area (Å²) in [5.41, 5.74) is 1.02. The third-order valence-electron chi connectivity index (χ3n) is 2.77. The van der Waals surface area contributed by atoms with Crippen molar-refractivity contribution in [2.45, 2.75) is 12.5 Å². The van der Waals surface area contributed by atoms with Crippen LogP contribution in [0.4, 0.5) is 0 Å². The van der Waals surface area contributed by atoms with Gasteiger partial charge in [0.1, 0.15) is 11.2 Å². The van der Waals surface area contributed by atoms with Gasteiger partial charge in [0.2, 0.25) is 0 Å². The first-order chi connectivity index (χ1) is 10.1. The number of aliphatic carboxylic acids is 1. The number of nitrogens with zero attached hydrogens (tertiary/aromatic N) is 2. The van der Waals surface area contributed by atoms with E-state index in [1.165, 1.54) is 30.7 Å². The van der Waals surface area contributed by atoms with Gasteiger partial charge in [-0.05, 0) is 23.8 Å². The standard InChI is InChI=1S/C14H12ClN3O3/c15-12-2-1-9(8-17-12)7-11(14(20)21)18-13(19)10-3-5-16-6-4-10/h1-6,8,11H,7H2,(H,18,19)(H,20,21)/t11-/m0/s1. The molecule has 2 aromatic rings. The largest absolute Gasteiger partial charge is 0.480 e. The van der Waals surface area contributed by atoms with Gasteiger partial charge < -0.3 is 10.4 Å². The monoisotopic (exact) mass is 305 g/mol. The van der Waals surface area contributed by atoms with Crippen LogP contribution in [0.15, 0.2) is 42.9 Å². The zero-order valence-electron chi connectivity index (χ0n) is 10.9. The number of halogens is 1. The van der Waals surface area contributed by atoms with E-state index in [-0.39, 0.29) is 6.42 Å². The minimum absolute atomic E-state index is 0.121. The molecule has 21 heavy (non-hydrogen) atoms. The maximum absolute atomic E-state index is 12.0. The number of hydrogen-bond donors (Lipinski definition) is 2. The molecule has 0 unspecified atom stereocenters. The maximum atomic E-state index is 12.0. The topological polar surface area (TPSA) is 92.2 Å². The molecule has 2 aromatic heterocycles. The molecule has 1 amide bonds. The number of hydrogen-bond acceptors (Lipinski definition) is 4. The molecule has 0 saturated carbocycles. The number of nitrogens with one attached hydrogen (secondary N) is 1. The number of carboxylic acid groups (broad SMARTS) is 1. The van der Waals surface area contributed by atoms with Gasteiger partial charge in [0.05, 0.1) is 0 Å². The second kappa shape index (κ2) is 6.81. The lowest BCUT2D eigenvalue weighted by Gasteiger charge is -2.14. The number of carboxylic acids is 1. The lowest BCUT2D eigenvalue weighted by molar-refractivity contribution is -0.139. The fourth-order valence-corrected chi connectivity index (χ4v) is 1.82. The highest BCUT2D eigenvalue weighted by Crippen LogP contribution is 2.08. The summed E-state index contributed by atoms with van der Waals surface area (Å²) in [5.74, 6) is -1.58. The van der Waals surface area contributed by atoms with Crippen molar-refractivity contribution >= 4 is 23.5 Å². The minimum atomic E-state index is -1.12. The van der Waals surface area contributed by atoms with Gasteiger partial charge >= 0.3 is 5.97 Å². The molecule has 0 aliphatic heterocycles. The van der Waals surface area contributed by atoms with Crippen LogP contribution in [0.25, 0.3) is 0 Å². The van der Waals surface area contributed by atoms with Crippen LogP contribution in [-0.4, -0.2) is 33.0 Å². The highest BCUT2D eigenvalue weighted by Gasteiger charge is 2.21. The quantitative estimate of drug-likeness (QED) is 0.818. The first-order valence-electron chi connectivity index (χ1n) is 6.10. The van der Waals surface area contributed by atoms with Crippen LogP contribution in [0, 0.1) is 0 Å². The third-order valence-corrected chi connectivity index (χ3v) is 3.00. The molecule has 0 bridgehead atoms. The average Bonchev–Trinajstić information content (AvgIpc) is 2.49. The Bertz CT molecular complexity index is 632. The summed E-state index contributed by atoms with van der Waals surface area (Å²) in [6, 6.07) is 5.22. The molecule has 2 N–H and O–H groups in total. The van der Waals surface area contributed by atoms with Gasteiger partial charge in [0.15, 0.2) is 0 Å². The van der Waals surface area contributed by atoms with Crippen molar-refractivity contribution in [3.05, 3.63) is 59.1 Å². The van der Waals surface area contributed by atoms with Crippen LogP contribution in [-0.2, 0) is 11.2 Å². The van der Waals surface area contributed by atoms with Gasteiger partial charge in [-0.15, -0.1) is 0 Å². The highest BCUT2D eigenvalue weighted by molar-refractivity contribution is 6.29. The Balaban J connectivity index is 2.07. The Kier molecular flexibility index (Phi) is 4.84. The van der Waals surface area contributed by atoms with E-state index < -0.39 is 17.9 Å². The Morgan fingerprint density at radius 1 is 1.24 bits per heavy atom. The molecule has 0 saturated heterocycles. The number of rotatable bonds is 5. The summed E-state index contributed by atoms with van der Waals surface area (Å²) in [5, 5.41) is 12.0. The average molecular weight is 306 g/mol. The molecule has 0 aromatic carbocycles. The summed E-state index contributed by atoms with van der Waals surface area (Å²) in [6.45, 7) is 0. The summed E-state index contributed by atoms with van der Waals surface area (Å²) in [7, 11) is 0. The van der Waals surface area contributed by atoms with E-state index in [0.29, 0.717) is 16.3 Å². The van der Waals surface area contributed by atoms with Crippen molar-refractivity contribution in [1.29, 1.82) is 0 Å². The van der Waals surface area contributed by atoms with Crippen LogP contribution in [0.3, 0.4) is 0 Å². The maximum Gasteiger partial charge on any atom is 0.326 e. The van der Waals surface area contributed by atoms with E-state index in [0.717, 1.165) is 0 Å². The van der Waals surface area contributed by atoms with Gasteiger partial charge in [-0.2, -0.15) is 0 Å². The van der Waals surface area contributed by atoms with Crippen molar-refractivity contribution in [1.82, 2.24) is 15.3 Å². The molecule has 2 rings (SSSR count). The van der Waals surface area contributed by atoms with Crippen LogP contribution in [0.1, 0.15) is 15.9 Å². The fraction of sp³-hybridized carbons (Fsp3) is 0.143. The molecule has 1 atom stereocenters. The van der Waals surface area contributed by atoms with Crippen molar-refractivity contribution in [2.75, 3.05) is 0 Å². The molecule has 0 spiro atoms. The minimum Gasteiger partial charge on any atom is -0.480 e. The summed E-state index contributed by atoms with van der Waals surface area (Å²) in [4.78, 5) is 30.9. The van der Waals surface area contributed by atoms with Gasteiger partial charge in [-0.1, -0.05) is 17.7 Å². The van der Waals surface area contributed by atoms with Crippen LogP contribution in [0.2, 0.25) is 5.15 Å². The first-order valence-corrected chi connectivity index (χ1v) is 6.48. The van der Waals surface area contributed by atoms with Crippen LogP contribution in [0.5, 0.6) is 0 Å². The van der Waals surface area contributed by atoms with Crippen molar-refractivity contribution < 1.29 is 14.7 Å². The number of amides is 1. The predicted molar refractivity (Wildman–Crippen MR) is 76.1 cm³/mol. The molecule has 2 heterocycles. The zero-order valence-corrected chi connectivity index (χ0v) is 11.6. The normalized spacial score (nSPS) is 11.7. The van der Waals surface area contributed by atoms with Crippen molar-refractivity contribution in [3.63, 3.8) is 0 Å². The van der Waals surface area contributed by atoms with E-state index >= 15 is 0 Å². The second-order valence-electron chi connectivity index (χ2n) is 4.29. The van der Waals surface area contributed by atoms with Gasteiger partial charge in [-0.3, -0.25) is 9.78 Å². The van der Waals surface area contributed by atoms with E-state index in [9.17, 15) is 14.7 Å². The predicted octanol–water partition coefficient (Wildman–Crippen LogP) is 1.56. The molecular weight excluding hydrogens is 294 g/mol. The fourth-order valence-electron chi connectivity index (χ4n) is 1.71. The molecular formula is C14H12ClN3O3. The Labute approximate surface area is 125 Å². The number of aromatic nitrogens is 2. The first kappa shape index (κ1) is 14.9. The summed E-state index contributed by atoms with van der Waals surface area (Å²) in [6.07, 6.45) is 4.54. The molecule has 7 heteroatoms. The lowest BCUT2D eigenvalue weighted by atomic mass is 10.1. The molecule has 0 radical (unpaired) electrons. The number of pyridine rings is 2. The third kappa shape index (κ3) is 4.25. The zero-order chi connectivity index (χ0) is 15.2. The van der Waals surface area contributed by atoms with E-state index in [4.69, 9.17) is 11.6 Å². The van der Waals surface area contributed by atoms with E-state index in [1.54, 1.807) is 12.1 Å². The Hall–Kier alpha value is -2.47. The van der Waals surface area contributed by atoms with E-state index in [1.807, 2.05) is 0 Å². The second-order valence-corrected chi connectivity index (χ2v) is 4.68. The molecule has 6 nitrogen and oxygen atoms in total. The van der Waals surface area contributed by atoms with Crippen molar-refractivity contribution in [2.24, 2.45) is 0 Å². The van der Waals surface area contributed by atoms with Gasteiger partial charge in [0, 0.05) is 30.6 Å². The molecule has 108 valence electrons. The van der Waals surface area contributed by atoms with E-state index in [2.05, 4.69) is 15.3 Å². The number of carbonyl (C=O) groups is 2. The lowest BCUT2D eigenvalue weighted by Crippen LogP contribution is -2.42. The molecule has 0 aliphatic rings. The van der Waals surface area contributed by atoms with Crippen LogP contribution < -0.4 is 5.32 Å². The van der Waals surface area contributed by atoms with Crippen LogP contribution >= 0.6 is 11.6 Å². The van der Waals surface area contributed by atoms with Gasteiger partial charge in [-0.25, -0.2) is 9.78 Å². The smallest absolute Gasteiger partial charge is 0.326 e. The highest BCUT2D eigenvalue weighted by atomic mass is 35.5. The Morgan fingerprint density at radius 3 is 2.52 bits per heavy atom. The summed E-state index contributed by atoms with van der Waals surface area (Å²) >= 11 is 5.67. The molecule has 0 fully saturated rings. The van der Waals surface area contributed by atoms with Gasteiger partial charge in [0.25, 0.3) is 5.91 Å². The summed E-state index contributed by atoms with van der Waals surface area (Å²) < 4.78 is 0.